The molecule has 0 saturated heterocycles. The Hall–Kier alpha value is -0.960. The zero-order chi connectivity index (χ0) is 12.7. The van der Waals surface area contributed by atoms with E-state index >= 15 is 0 Å². The van der Waals surface area contributed by atoms with Gasteiger partial charge in [-0.1, -0.05) is 30.7 Å². The SMILES string of the molecule is c1cc2c(cc1NC1=NC3(CCCC3)CS1)CCC2. The van der Waals surface area contributed by atoms with E-state index in [0.29, 0.717) is 0 Å². The average Bonchev–Trinajstić information content (AvgIpc) is 3.12. The second-order valence-electron chi connectivity index (χ2n) is 6.10. The summed E-state index contributed by atoms with van der Waals surface area (Å²) in [5, 5.41) is 4.67. The van der Waals surface area contributed by atoms with Gasteiger partial charge in [0.1, 0.15) is 0 Å². The van der Waals surface area contributed by atoms with Crippen molar-refractivity contribution >= 4 is 22.6 Å². The predicted molar refractivity (Wildman–Crippen MR) is 83.2 cm³/mol. The Labute approximate surface area is 119 Å². The molecule has 1 N–H and O–H groups in total. The highest BCUT2D eigenvalue weighted by Crippen LogP contribution is 2.41. The van der Waals surface area contributed by atoms with E-state index in [9.17, 15) is 0 Å². The number of fused-ring (bicyclic) bond motifs is 1. The molecule has 1 heterocycles. The minimum atomic E-state index is 0.281. The van der Waals surface area contributed by atoms with Gasteiger partial charge in [0.25, 0.3) is 0 Å². The van der Waals surface area contributed by atoms with Gasteiger partial charge < -0.3 is 5.32 Å². The first-order chi connectivity index (χ1) is 9.33. The van der Waals surface area contributed by atoms with Crippen LogP contribution in [0, 0.1) is 0 Å². The Bertz CT molecular complexity index is 530. The van der Waals surface area contributed by atoms with Gasteiger partial charge in [-0.15, -0.1) is 0 Å². The molecule has 1 aromatic carbocycles. The van der Waals surface area contributed by atoms with Gasteiger partial charge in [-0.2, -0.15) is 0 Å². The number of nitrogens with zero attached hydrogens (tertiary/aromatic N) is 1. The molecule has 1 aliphatic heterocycles. The predicted octanol–water partition coefficient (Wildman–Crippen LogP) is 4.00. The minimum Gasteiger partial charge on any atom is -0.335 e. The third kappa shape index (κ3) is 2.18. The summed E-state index contributed by atoms with van der Waals surface area (Å²) in [6.45, 7) is 0. The summed E-state index contributed by atoms with van der Waals surface area (Å²) in [5.41, 5.74) is 4.58. The van der Waals surface area contributed by atoms with E-state index in [0.717, 1.165) is 5.17 Å². The molecular formula is C16H20N2S. The maximum atomic E-state index is 4.98. The van der Waals surface area contributed by atoms with Crippen molar-refractivity contribution < 1.29 is 0 Å². The van der Waals surface area contributed by atoms with E-state index in [1.54, 1.807) is 5.56 Å². The van der Waals surface area contributed by atoms with Crippen LogP contribution in [0.25, 0.3) is 0 Å². The molecule has 1 spiro atoms. The van der Waals surface area contributed by atoms with Crippen LogP contribution in [0.4, 0.5) is 5.69 Å². The van der Waals surface area contributed by atoms with Gasteiger partial charge in [-0.25, -0.2) is 0 Å². The Kier molecular flexibility index (Phi) is 2.83. The zero-order valence-corrected chi connectivity index (χ0v) is 12.1. The number of aliphatic imine (C=N–C) groups is 1. The molecule has 2 aliphatic carbocycles. The van der Waals surface area contributed by atoms with Gasteiger partial charge in [0, 0.05) is 11.4 Å². The van der Waals surface area contributed by atoms with Crippen molar-refractivity contribution in [3.63, 3.8) is 0 Å². The lowest BCUT2D eigenvalue weighted by Gasteiger charge is -2.16. The Morgan fingerprint density at radius 1 is 1.05 bits per heavy atom. The topological polar surface area (TPSA) is 24.4 Å². The van der Waals surface area contributed by atoms with Crippen LogP contribution in [0.1, 0.15) is 43.2 Å². The molecule has 0 unspecified atom stereocenters. The van der Waals surface area contributed by atoms with Gasteiger partial charge in [-0.3, -0.25) is 4.99 Å². The lowest BCUT2D eigenvalue weighted by atomic mass is 10.0. The van der Waals surface area contributed by atoms with E-state index in [4.69, 9.17) is 4.99 Å². The molecular weight excluding hydrogens is 252 g/mol. The summed E-state index contributed by atoms with van der Waals surface area (Å²) in [6.07, 6.45) is 9.11. The summed E-state index contributed by atoms with van der Waals surface area (Å²) in [5.74, 6) is 1.18. The largest absolute Gasteiger partial charge is 0.335 e. The average molecular weight is 272 g/mol. The summed E-state index contributed by atoms with van der Waals surface area (Å²) < 4.78 is 0. The first kappa shape index (κ1) is 11.8. The van der Waals surface area contributed by atoms with E-state index in [1.165, 1.54) is 61.9 Å². The lowest BCUT2D eigenvalue weighted by Crippen LogP contribution is -2.21. The molecule has 0 bridgehead atoms. The van der Waals surface area contributed by atoms with E-state index in [2.05, 4.69) is 23.5 Å². The molecule has 0 amide bonds. The number of hydrogen-bond donors (Lipinski definition) is 1. The number of rotatable bonds is 1. The number of thioether (sulfide) groups is 1. The second kappa shape index (κ2) is 4.55. The van der Waals surface area contributed by atoms with Crippen molar-refractivity contribution in [1.29, 1.82) is 0 Å². The smallest absolute Gasteiger partial charge is 0.161 e. The van der Waals surface area contributed by atoms with Gasteiger partial charge in [-0.05, 0) is 55.4 Å². The molecule has 1 aromatic rings. The number of anilines is 1. The number of hydrogen-bond acceptors (Lipinski definition) is 3. The summed E-state index contributed by atoms with van der Waals surface area (Å²) in [6, 6.07) is 6.83. The van der Waals surface area contributed by atoms with E-state index in [-0.39, 0.29) is 5.54 Å². The van der Waals surface area contributed by atoms with E-state index in [1.807, 2.05) is 11.8 Å². The van der Waals surface area contributed by atoms with Crippen LogP contribution < -0.4 is 5.32 Å². The van der Waals surface area contributed by atoms with Crippen molar-refractivity contribution in [3.05, 3.63) is 29.3 Å². The van der Waals surface area contributed by atoms with Gasteiger partial charge in [0.15, 0.2) is 5.17 Å². The van der Waals surface area contributed by atoms with Crippen molar-refractivity contribution in [1.82, 2.24) is 0 Å². The zero-order valence-electron chi connectivity index (χ0n) is 11.2. The maximum Gasteiger partial charge on any atom is 0.161 e. The van der Waals surface area contributed by atoms with Crippen molar-refractivity contribution in [2.45, 2.75) is 50.5 Å². The summed E-state index contributed by atoms with van der Waals surface area (Å²) in [7, 11) is 0. The number of benzene rings is 1. The van der Waals surface area contributed by atoms with Crippen LogP contribution >= 0.6 is 11.8 Å². The van der Waals surface area contributed by atoms with Crippen LogP contribution in [0.5, 0.6) is 0 Å². The summed E-state index contributed by atoms with van der Waals surface area (Å²) >= 11 is 1.91. The molecule has 19 heavy (non-hydrogen) atoms. The number of nitrogens with one attached hydrogen (secondary N) is 1. The quantitative estimate of drug-likeness (QED) is 0.835. The Morgan fingerprint density at radius 2 is 1.89 bits per heavy atom. The first-order valence-electron chi connectivity index (χ1n) is 7.45. The first-order valence-corrected chi connectivity index (χ1v) is 8.43. The normalized spacial score (nSPS) is 23.7. The van der Waals surface area contributed by atoms with Gasteiger partial charge in [0.05, 0.1) is 5.54 Å². The van der Waals surface area contributed by atoms with Crippen molar-refractivity contribution in [2.75, 3.05) is 11.1 Å². The van der Waals surface area contributed by atoms with Crippen molar-refractivity contribution in [2.24, 2.45) is 4.99 Å². The van der Waals surface area contributed by atoms with Crippen molar-refractivity contribution in [3.8, 4) is 0 Å². The second-order valence-corrected chi connectivity index (χ2v) is 7.06. The lowest BCUT2D eigenvalue weighted by molar-refractivity contribution is 0.508. The van der Waals surface area contributed by atoms with Crippen LogP contribution in [0.2, 0.25) is 0 Å². The molecule has 0 radical (unpaired) electrons. The fourth-order valence-corrected chi connectivity index (χ4v) is 4.82. The monoisotopic (exact) mass is 272 g/mol. The fraction of sp³-hybridized carbons (Fsp3) is 0.562. The molecule has 1 fully saturated rings. The van der Waals surface area contributed by atoms with E-state index < -0.39 is 0 Å². The van der Waals surface area contributed by atoms with Crippen LogP contribution in [0.15, 0.2) is 23.2 Å². The molecule has 0 atom stereocenters. The van der Waals surface area contributed by atoms with Crippen LogP contribution in [-0.2, 0) is 12.8 Å². The standard InChI is InChI=1S/C16H20N2S/c1-2-9-16(8-1)11-19-15(18-16)17-14-7-6-12-4-3-5-13(12)10-14/h6-7,10H,1-5,8-9,11H2,(H,17,18). The third-order valence-corrected chi connectivity index (χ3v) is 5.85. The fourth-order valence-electron chi connectivity index (χ4n) is 3.61. The van der Waals surface area contributed by atoms with Crippen LogP contribution in [-0.4, -0.2) is 16.5 Å². The highest BCUT2D eigenvalue weighted by molar-refractivity contribution is 8.14. The molecule has 3 heteroatoms. The maximum absolute atomic E-state index is 4.98. The van der Waals surface area contributed by atoms with Gasteiger partial charge >= 0.3 is 0 Å². The molecule has 2 nitrogen and oxygen atoms in total. The number of amidine groups is 1. The molecule has 1 saturated carbocycles. The molecule has 3 aliphatic rings. The molecule has 0 aromatic heterocycles. The molecule has 100 valence electrons. The minimum absolute atomic E-state index is 0.281. The Balaban J connectivity index is 1.53. The summed E-state index contributed by atoms with van der Waals surface area (Å²) in [4.78, 5) is 4.98. The Morgan fingerprint density at radius 3 is 2.79 bits per heavy atom. The van der Waals surface area contributed by atoms with Crippen LogP contribution in [0.3, 0.4) is 0 Å². The third-order valence-electron chi connectivity index (χ3n) is 4.70. The highest BCUT2D eigenvalue weighted by atomic mass is 32.2. The van der Waals surface area contributed by atoms with Gasteiger partial charge in [0.2, 0.25) is 0 Å². The highest BCUT2D eigenvalue weighted by Gasteiger charge is 2.38. The molecule has 4 rings (SSSR count). The number of aryl methyl sites for hydroxylation is 2.